The monoisotopic (exact) mass is 256 g/mol. The van der Waals surface area contributed by atoms with Crippen LogP contribution in [0.4, 0.5) is 0 Å². The summed E-state index contributed by atoms with van der Waals surface area (Å²) in [5.74, 6) is 0.105. The van der Waals surface area contributed by atoms with Gasteiger partial charge in [-0.2, -0.15) is 5.10 Å². The molecule has 4 heteroatoms. The van der Waals surface area contributed by atoms with Crippen LogP contribution in [0.15, 0.2) is 30.3 Å². The van der Waals surface area contributed by atoms with Gasteiger partial charge in [0.1, 0.15) is 5.84 Å². The lowest BCUT2D eigenvalue weighted by Gasteiger charge is -2.07. The summed E-state index contributed by atoms with van der Waals surface area (Å²) in [5, 5.41) is 12.0. The lowest BCUT2D eigenvalue weighted by atomic mass is 10.1. The molecule has 0 spiro atoms. The first kappa shape index (κ1) is 13.3. The quantitative estimate of drug-likeness (QED) is 0.637. The average molecular weight is 256 g/mol. The van der Waals surface area contributed by atoms with Gasteiger partial charge in [0.15, 0.2) is 0 Å². The summed E-state index contributed by atoms with van der Waals surface area (Å²) in [4.78, 5) is 0. The highest BCUT2D eigenvalue weighted by atomic mass is 15.3. The van der Waals surface area contributed by atoms with Crippen LogP contribution >= 0.6 is 0 Å². The molecule has 1 heterocycles. The molecule has 0 amide bonds. The molecule has 1 aromatic heterocycles. The van der Waals surface area contributed by atoms with Gasteiger partial charge in [-0.1, -0.05) is 38.1 Å². The Hall–Kier alpha value is -2.10. The van der Waals surface area contributed by atoms with Crippen molar-refractivity contribution in [1.82, 2.24) is 9.78 Å². The van der Waals surface area contributed by atoms with Crippen LogP contribution in [0.2, 0.25) is 0 Å². The Morgan fingerprint density at radius 3 is 2.42 bits per heavy atom. The van der Waals surface area contributed by atoms with Gasteiger partial charge in [0.2, 0.25) is 0 Å². The predicted molar refractivity (Wildman–Crippen MR) is 77.5 cm³/mol. The smallest absolute Gasteiger partial charge is 0.122 e. The van der Waals surface area contributed by atoms with E-state index in [4.69, 9.17) is 11.1 Å². The highest BCUT2D eigenvalue weighted by Gasteiger charge is 2.06. The normalized spacial score (nSPS) is 10.6. The minimum Gasteiger partial charge on any atom is -0.384 e. The van der Waals surface area contributed by atoms with Crippen molar-refractivity contribution in [2.75, 3.05) is 0 Å². The molecule has 0 aliphatic heterocycles. The minimum atomic E-state index is 0.105. The molecule has 0 radical (unpaired) electrons. The lowest BCUT2D eigenvalue weighted by Crippen LogP contribution is -2.11. The number of nitrogens with two attached hydrogens (primary N) is 1. The van der Waals surface area contributed by atoms with Gasteiger partial charge in [0.25, 0.3) is 0 Å². The number of nitrogens with one attached hydrogen (secondary N) is 1. The van der Waals surface area contributed by atoms with E-state index in [9.17, 15) is 0 Å². The summed E-state index contributed by atoms with van der Waals surface area (Å²) in [7, 11) is 0. The fourth-order valence-electron chi connectivity index (χ4n) is 2.07. The Morgan fingerprint density at radius 2 is 1.89 bits per heavy atom. The summed E-state index contributed by atoms with van der Waals surface area (Å²) < 4.78 is 2.06. The van der Waals surface area contributed by atoms with Gasteiger partial charge in [-0.25, -0.2) is 0 Å². The third-order valence-corrected chi connectivity index (χ3v) is 3.24. The van der Waals surface area contributed by atoms with Crippen molar-refractivity contribution in [3.63, 3.8) is 0 Å². The van der Waals surface area contributed by atoms with Crippen LogP contribution in [-0.2, 0) is 19.4 Å². The molecule has 0 aliphatic carbocycles. The number of aromatic nitrogens is 2. The molecule has 1 aromatic carbocycles. The standard InChI is InChI=1S/C15H20N4/c1-3-13-9-14(4-2)19(18-13)10-11-5-7-12(8-6-11)15(16)17/h5-9H,3-4,10H2,1-2H3,(H3,16,17). The number of benzene rings is 1. The minimum absolute atomic E-state index is 0.105. The largest absolute Gasteiger partial charge is 0.384 e. The van der Waals surface area contributed by atoms with Gasteiger partial charge in [0.05, 0.1) is 12.2 Å². The third kappa shape index (κ3) is 3.02. The summed E-state index contributed by atoms with van der Waals surface area (Å²) in [5.41, 5.74) is 9.77. The highest BCUT2D eigenvalue weighted by Crippen LogP contribution is 2.11. The van der Waals surface area contributed by atoms with E-state index in [1.807, 2.05) is 24.3 Å². The molecular weight excluding hydrogens is 236 g/mol. The summed E-state index contributed by atoms with van der Waals surface area (Å²) in [6.07, 6.45) is 1.95. The molecular formula is C15H20N4. The number of nitrogens with zero attached hydrogens (tertiary/aromatic N) is 2. The second-order valence-corrected chi connectivity index (χ2v) is 4.60. The molecule has 4 nitrogen and oxygen atoms in total. The maximum Gasteiger partial charge on any atom is 0.122 e. The van der Waals surface area contributed by atoms with Gasteiger partial charge in [-0.15, -0.1) is 0 Å². The zero-order chi connectivity index (χ0) is 13.8. The SMILES string of the molecule is CCc1cc(CC)n(Cc2ccc(C(=N)N)cc2)n1. The highest BCUT2D eigenvalue weighted by molar-refractivity contribution is 5.94. The Labute approximate surface area is 113 Å². The molecule has 2 aromatic rings. The number of hydrogen-bond donors (Lipinski definition) is 2. The molecule has 0 bridgehead atoms. The van der Waals surface area contributed by atoms with Crippen LogP contribution in [0.5, 0.6) is 0 Å². The van der Waals surface area contributed by atoms with E-state index in [2.05, 4.69) is 29.7 Å². The van der Waals surface area contributed by atoms with Crippen LogP contribution in [0.1, 0.15) is 36.4 Å². The van der Waals surface area contributed by atoms with Gasteiger partial charge in [-0.05, 0) is 24.5 Å². The first-order chi connectivity index (χ1) is 9.13. The molecule has 19 heavy (non-hydrogen) atoms. The zero-order valence-electron chi connectivity index (χ0n) is 11.5. The average Bonchev–Trinajstić information content (AvgIpc) is 2.81. The summed E-state index contributed by atoms with van der Waals surface area (Å²) in [6, 6.07) is 9.94. The topological polar surface area (TPSA) is 67.7 Å². The van der Waals surface area contributed by atoms with E-state index in [0.717, 1.165) is 30.6 Å². The summed E-state index contributed by atoms with van der Waals surface area (Å²) in [6.45, 7) is 5.03. The summed E-state index contributed by atoms with van der Waals surface area (Å²) >= 11 is 0. The lowest BCUT2D eigenvalue weighted by molar-refractivity contribution is 0.640. The predicted octanol–water partition coefficient (Wildman–Crippen LogP) is 2.34. The molecule has 0 saturated carbocycles. The Kier molecular flexibility index (Phi) is 4.00. The second-order valence-electron chi connectivity index (χ2n) is 4.60. The number of aryl methyl sites for hydroxylation is 2. The van der Waals surface area contributed by atoms with E-state index in [1.165, 1.54) is 11.3 Å². The van der Waals surface area contributed by atoms with Gasteiger partial charge < -0.3 is 5.73 Å². The van der Waals surface area contributed by atoms with Crippen LogP contribution in [0, 0.1) is 5.41 Å². The number of nitrogen functional groups attached to an aromatic ring is 1. The number of hydrogen-bond acceptors (Lipinski definition) is 2. The van der Waals surface area contributed by atoms with Crippen LogP contribution < -0.4 is 5.73 Å². The molecule has 2 rings (SSSR count). The van der Waals surface area contributed by atoms with Crippen molar-refractivity contribution < 1.29 is 0 Å². The number of amidine groups is 1. The molecule has 0 unspecified atom stereocenters. The van der Waals surface area contributed by atoms with E-state index >= 15 is 0 Å². The maximum atomic E-state index is 7.38. The van der Waals surface area contributed by atoms with E-state index in [1.54, 1.807) is 0 Å². The fraction of sp³-hybridized carbons (Fsp3) is 0.333. The van der Waals surface area contributed by atoms with Crippen LogP contribution in [0.3, 0.4) is 0 Å². The van der Waals surface area contributed by atoms with Crippen LogP contribution in [-0.4, -0.2) is 15.6 Å². The van der Waals surface area contributed by atoms with Gasteiger partial charge >= 0.3 is 0 Å². The first-order valence-electron chi connectivity index (χ1n) is 6.63. The van der Waals surface area contributed by atoms with Crippen molar-refractivity contribution in [1.29, 1.82) is 5.41 Å². The second kappa shape index (κ2) is 5.69. The van der Waals surface area contributed by atoms with Gasteiger partial charge in [0, 0.05) is 11.3 Å². The Bertz CT molecular complexity index is 566. The first-order valence-corrected chi connectivity index (χ1v) is 6.63. The fourth-order valence-corrected chi connectivity index (χ4v) is 2.07. The van der Waals surface area contributed by atoms with Crippen molar-refractivity contribution in [2.24, 2.45) is 5.73 Å². The van der Waals surface area contributed by atoms with Gasteiger partial charge in [-0.3, -0.25) is 10.1 Å². The third-order valence-electron chi connectivity index (χ3n) is 3.24. The Balaban J connectivity index is 2.20. The molecule has 0 fully saturated rings. The number of rotatable bonds is 5. The molecule has 0 saturated heterocycles. The van der Waals surface area contributed by atoms with Crippen molar-refractivity contribution >= 4 is 5.84 Å². The molecule has 3 N–H and O–H groups in total. The molecule has 0 aliphatic rings. The van der Waals surface area contributed by atoms with Crippen molar-refractivity contribution in [3.8, 4) is 0 Å². The van der Waals surface area contributed by atoms with Crippen molar-refractivity contribution in [2.45, 2.75) is 33.2 Å². The van der Waals surface area contributed by atoms with E-state index < -0.39 is 0 Å². The van der Waals surface area contributed by atoms with E-state index in [0.29, 0.717) is 0 Å². The van der Waals surface area contributed by atoms with E-state index in [-0.39, 0.29) is 5.84 Å². The van der Waals surface area contributed by atoms with Crippen LogP contribution in [0.25, 0.3) is 0 Å². The zero-order valence-corrected chi connectivity index (χ0v) is 11.5. The molecule has 100 valence electrons. The molecule has 0 atom stereocenters. The Morgan fingerprint density at radius 1 is 1.21 bits per heavy atom. The van der Waals surface area contributed by atoms with Crippen molar-refractivity contribution in [3.05, 3.63) is 52.8 Å². The maximum absolute atomic E-state index is 7.38.